The van der Waals surface area contributed by atoms with Gasteiger partial charge in [0.05, 0.1) is 18.0 Å². The maximum absolute atomic E-state index is 11.5. The minimum absolute atomic E-state index is 0.00570. The molecule has 1 saturated carbocycles. The van der Waals surface area contributed by atoms with E-state index in [1.807, 2.05) is 0 Å². The lowest BCUT2D eigenvalue weighted by Gasteiger charge is -2.27. The first-order valence-corrected chi connectivity index (χ1v) is 7.45. The highest BCUT2D eigenvalue weighted by Crippen LogP contribution is 2.30. The number of ether oxygens (including phenoxy) is 1. The molecule has 0 unspecified atom stereocenters. The maximum Gasteiger partial charge on any atom is 0.311 e. The lowest BCUT2D eigenvalue weighted by Crippen LogP contribution is -2.26. The molecular formula is C15H21N3O4. The number of hydrogen-bond acceptors (Lipinski definition) is 6. The largest absolute Gasteiger partial charge is 0.469 e. The summed E-state index contributed by atoms with van der Waals surface area (Å²) in [7, 11) is 1.42. The Balaban J connectivity index is 1.91. The number of aromatic nitrogens is 1. The van der Waals surface area contributed by atoms with Crippen LogP contribution in [0, 0.1) is 28.9 Å². The van der Waals surface area contributed by atoms with E-state index < -0.39 is 4.92 Å². The standard InChI is InChI=1S/C15H21N3O4/c1-10-3-8-13(18(20)21)14(17-10)16-9-11-4-6-12(7-5-11)15(19)22-2/h3,8,11-12H,4-7,9H2,1-2H3,(H,16,17). The molecule has 0 aromatic carbocycles. The fourth-order valence-corrected chi connectivity index (χ4v) is 2.84. The molecule has 1 N–H and O–H groups in total. The van der Waals surface area contributed by atoms with Crippen molar-refractivity contribution in [2.24, 2.45) is 11.8 Å². The van der Waals surface area contributed by atoms with Crippen LogP contribution in [0.15, 0.2) is 12.1 Å². The van der Waals surface area contributed by atoms with Crippen LogP contribution in [-0.2, 0) is 9.53 Å². The molecular weight excluding hydrogens is 286 g/mol. The van der Waals surface area contributed by atoms with Gasteiger partial charge in [-0.2, -0.15) is 0 Å². The molecule has 0 aliphatic heterocycles. The van der Waals surface area contributed by atoms with E-state index in [2.05, 4.69) is 10.3 Å². The molecule has 1 aromatic heterocycles. The van der Waals surface area contributed by atoms with Crippen molar-refractivity contribution in [3.63, 3.8) is 0 Å². The summed E-state index contributed by atoms with van der Waals surface area (Å²) in [6, 6.07) is 3.10. The molecule has 0 atom stereocenters. The summed E-state index contributed by atoms with van der Waals surface area (Å²) in [5.74, 6) is 0.568. The van der Waals surface area contributed by atoms with Gasteiger partial charge in [-0.1, -0.05) is 0 Å². The van der Waals surface area contributed by atoms with E-state index in [1.54, 1.807) is 13.0 Å². The number of nitrogens with zero attached hydrogens (tertiary/aromatic N) is 2. The van der Waals surface area contributed by atoms with Crippen LogP contribution in [0.1, 0.15) is 31.4 Å². The van der Waals surface area contributed by atoms with Gasteiger partial charge < -0.3 is 10.1 Å². The zero-order chi connectivity index (χ0) is 16.1. The second-order valence-corrected chi connectivity index (χ2v) is 5.70. The van der Waals surface area contributed by atoms with Crippen LogP contribution in [0.4, 0.5) is 11.5 Å². The molecule has 1 aliphatic rings. The summed E-state index contributed by atoms with van der Waals surface area (Å²) in [6.45, 7) is 2.43. The summed E-state index contributed by atoms with van der Waals surface area (Å²) in [4.78, 5) is 26.3. The Hall–Kier alpha value is -2.18. The molecule has 0 spiro atoms. The van der Waals surface area contributed by atoms with Gasteiger partial charge in [0.1, 0.15) is 0 Å². The average Bonchev–Trinajstić information content (AvgIpc) is 2.52. The third-order valence-electron chi connectivity index (χ3n) is 4.15. The van der Waals surface area contributed by atoms with Gasteiger partial charge in [0.15, 0.2) is 0 Å². The fourth-order valence-electron chi connectivity index (χ4n) is 2.84. The first kappa shape index (κ1) is 16.2. The van der Waals surface area contributed by atoms with Crippen LogP contribution >= 0.6 is 0 Å². The Morgan fingerprint density at radius 2 is 2.09 bits per heavy atom. The molecule has 120 valence electrons. The predicted octanol–water partition coefficient (Wildman–Crippen LogP) is 2.69. The van der Waals surface area contributed by atoms with Gasteiger partial charge in [-0.05, 0) is 44.6 Å². The Morgan fingerprint density at radius 3 is 2.68 bits per heavy atom. The smallest absolute Gasteiger partial charge is 0.311 e. The number of esters is 1. The first-order valence-electron chi connectivity index (χ1n) is 7.45. The highest BCUT2D eigenvalue weighted by atomic mass is 16.6. The number of rotatable bonds is 5. The van der Waals surface area contributed by atoms with E-state index in [-0.39, 0.29) is 17.6 Å². The van der Waals surface area contributed by atoms with Crippen molar-refractivity contribution in [2.75, 3.05) is 19.0 Å². The summed E-state index contributed by atoms with van der Waals surface area (Å²) in [5, 5.41) is 14.1. The molecule has 7 nitrogen and oxygen atoms in total. The number of pyridine rings is 1. The minimum atomic E-state index is -0.428. The Morgan fingerprint density at radius 1 is 1.41 bits per heavy atom. The van der Waals surface area contributed by atoms with Crippen LogP contribution in [0.2, 0.25) is 0 Å². The average molecular weight is 307 g/mol. The Kier molecular flexibility index (Phi) is 5.30. The second-order valence-electron chi connectivity index (χ2n) is 5.70. The summed E-state index contributed by atoms with van der Waals surface area (Å²) < 4.78 is 4.77. The minimum Gasteiger partial charge on any atom is -0.469 e. The van der Waals surface area contributed by atoms with Gasteiger partial charge in [-0.25, -0.2) is 4.98 Å². The highest BCUT2D eigenvalue weighted by molar-refractivity contribution is 5.72. The van der Waals surface area contributed by atoms with Gasteiger partial charge in [-0.3, -0.25) is 14.9 Å². The number of hydrogen-bond donors (Lipinski definition) is 1. The van der Waals surface area contributed by atoms with Crippen LogP contribution < -0.4 is 5.32 Å². The fraction of sp³-hybridized carbons (Fsp3) is 0.600. The van der Waals surface area contributed by atoms with E-state index in [0.717, 1.165) is 31.4 Å². The highest BCUT2D eigenvalue weighted by Gasteiger charge is 2.27. The van der Waals surface area contributed by atoms with Crippen molar-refractivity contribution in [1.82, 2.24) is 4.98 Å². The number of anilines is 1. The summed E-state index contributed by atoms with van der Waals surface area (Å²) in [6.07, 6.45) is 3.43. The third kappa shape index (κ3) is 3.93. The number of carbonyl (C=O) groups excluding carboxylic acids is 1. The van der Waals surface area contributed by atoms with Crippen LogP contribution in [-0.4, -0.2) is 29.5 Å². The van der Waals surface area contributed by atoms with E-state index in [0.29, 0.717) is 18.3 Å². The molecule has 7 heteroatoms. The zero-order valence-corrected chi connectivity index (χ0v) is 12.9. The van der Waals surface area contributed by atoms with Gasteiger partial charge >= 0.3 is 11.7 Å². The molecule has 1 fully saturated rings. The van der Waals surface area contributed by atoms with Crippen molar-refractivity contribution in [2.45, 2.75) is 32.6 Å². The van der Waals surface area contributed by atoms with E-state index in [1.165, 1.54) is 13.2 Å². The number of methoxy groups -OCH3 is 1. The Bertz CT molecular complexity index is 554. The van der Waals surface area contributed by atoms with Crippen molar-refractivity contribution in [3.8, 4) is 0 Å². The summed E-state index contributed by atoms with van der Waals surface area (Å²) in [5.41, 5.74) is 0.733. The number of nitrogens with one attached hydrogen (secondary N) is 1. The van der Waals surface area contributed by atoms with E-state index in [9.17, 15) is 14.9 Å². The molecule has 1 aromatic rings. The third-order valence-corrected chi connectivity index (χ3v) is 4.15. The molecule has 0 amide bonds. The van der Waals surface area contributed by atoms with Crippen LogP contribution in [0.5, 0.6) is 0 Å². The molecule has 1 aliphatic carbocycles. The van der Waals surface area contributed by atoms with Crippen molar-refractivity contribution >= 4 is 17.5 Å². The first-order chi connectivity index (χ1) is 10.5. The second kappa shape index (κ2) is 7.20. The molecule has 2 rings (SSSR count). The number of aryl methyl sites for hydroxylation is 1. The quantitative estimate of drug-likeness (QED) is 0.510. The van der Waals surface area contributed by atoms with E-state index >= 15 is 0 Å². The van der Waals surface area contributed by atoms with Crippen molar-refractivity contribution < 1.29 is 14.5 Å². The molecule has 0 saturated heterocycles. The van der Waals surface area contributed by atoms with Gasteiger partial charge in [0, 0.05) is 18.3 Å². The van der Waals surface area contributed by atoms with Crippen molar-refractivity contribution in [3.05, 3.63) is 27.9 Å². The van der Waals surface area contributed by atoms with Gasteiger partial charge in [0.2, 0.25) is 5.82 Å². The van der Waals surface area contributed by atoms with Crippen LogP contribution in [0.3, 0.4) is 0 Å². The summed E-state index contributed by atoms with van der Waals surface area (Å²) >= 11 is 0. The molecule has 1 heterocycles. The topological polar surface area (TPSA) is 94.4 Å². The maximum atomic E-state index is 11.5. The van der Waals surface area contributed by atoms with Crippen LogP contribution in [0.25, 0.3) is 0 Å². The number of nitro groups is 1. The normalized spacial score (nSPS) is 21.2. The van der Waals surface area contributed by atoms with E-state index in [4.69, 9.17) is 4.74 Å². The monoisotopic (exact) mass is 307 g/mol. The SMILES string of the molecule is COC(=O)C1CCC(CNc2nc(C)ccc2[N+](=O)[O-])CC1. The lowest BCUT2D eigenvalue weighted by atomic mass is 9.82. The molecule has 22 heavy (non-hydrogen) atoms. The molecule has 0 radical (unpaired) electrons. The number of carbonyl (C=O) groups is 1. The zero-order valence-electron chi connectivity index (χ0n) is 12.9. The van der Waals surface area contributed by atoms with Gasteiger partial charge in [0.25, 0.3) is 0 Å². The van der Waals surface area contributed by atoms with Crippen molar-refractivity contribution in [1.29, 1.82) is 0 Å². The lowest BCUT2D eigenvalue weighted by molar-refractivity contribution is -0.384. The molecule has 0 bridgehead atoms. The Labute approximate surface area is 129 Å². The van der Waals surface area contributed by atoms with Gasteiger partial charge in [-0.15, -0.1) is 0 Å². The predicted molar refractivity (Wildman–Crippen MR) is 81.6 cm³/mol.